The van der Waals surface area contributed by atoms with E-state index in [1.807, 2.05) is 0 Å². The van der Waals surface area contributed by atoms with Crippen molar-refractivity contribution in [2.45, 2.75) is 32.6 Å². The van der Waals surface area contributed by atoms with Crippen LogP contribution in [-0.2, 0) is 5.41 Å². The fourth-order valence-electron chi connectivity index (χ4n) is 1.99. The molecule has 1 atom stereocenters. The van der Waals surface area contributed by atoms with E-state index in [4.69, 9.17) is 5.73 Å². The summed E-state index contributed by atoms with van der Waals surface area (Å²) in [6.45, 7) is 9.48. The average molecular weight is 313 g/mol. The van der Waals surface area contributed by atoms with Gasteiger partial charge >= 0.3 is 0 Å². The van der Waals surface area contributed by atoms with Gasteiger partial charge in [0, 0.05) is 16.4 Å². The van der Waals surface area contributed by atoms with Gasteiger partial charge in [0.1, 0.15) is 0 Å². The molecule has 0 bridgehead atoms. The van der Waals surface area contributed by atoms with E-state index >= 15 is 0 Å². The van der Waals surface area contributed by atoms with Crippen molar-refractivity contribution in [3.05, 3.63) is 34.3 Å². The van der Waals surface area contributed by atoms with Gasteiger partial charge in [-0.3, -0.25) is 0 Å². The molecule has 0 saturated carbocycles. The SMILES string of the molecule is CCC(CN)CNCC(C)(C)c1ccc(Br)cc1. The van der Waals surface area contributed by atoms with Crippen LogP contribution in [0.1, 0.15) is 32.8 Å². The molecule has 3 heteroatoms. The lowest BCUT2D eigenvalue weighted by Gasteiger charge is -2.27. The molecule has 1 aromatic rings. The largest absolute Gasteiger partial charge is 0.330 e. The van der Waals surface area contributed by atoms with Crippen molar-refractivity contribution in [2.24, 2.45) is 11.7 Å². The van der Waals surface area contributed by atoms with Gasteiger partial charge in [0.15, 0.2) is 0 Å². The second kappa shape index (κ2) is 7.27. The molecular formula is C15H25BrN2. The van der Waals surface area contributed by atoms with Gasteiger partial charge in [0.05, 0.1) is 0 Å². The topological polar surface area (TPSA) is 38.0 Å². The van der Waals surface area contributed by atoms with Gasteiger partial charge < -0.3 is 11.1 Å². The third-order valence-electron chi connectivity index (χ3n) is 3.54. The molecule has 1 unspecified atom stereocenters. The molecule has 18 heavy (non-hydrogen) atoms. The van der Waals surface area contributed by atoms with Crippen LogP contribution < -0.4 is 11.1 Å². The Morgan fingerprint density at radius 1 is 1.28 bits per heavy atom. The van der Waals surface area contributed by atoms with Crippen LogP contribution in [0.15, 0.2) is 28.7 Å². The number of hydrogen-bond donors (Lipinski definition) is 2. The number of nitrogens with one attached hydrogen (secondary N) is 1. The lowest BCUT2D eigenvalue weighted by atomic mass is 9.84. The number of hydrogen-bond acceptors (Lipinski definition) is 2. The lowest BCUT2D eigenvalue weighted by molar-refractivity contribution is 0.415. The summed E-state index contributed by atoms with van der Waals surface area (Å²) in [5, 5.41) is 3.55. The van der Waals surface area contributed by atoms with Gasteiger partial charge in [-0.25, -0.2) is 0 Å². The molecule has 2 nitrogen and oxygen atoms in total. The fourth-order valence-corrected chi connectivity index (χ4v) is 2.25. The summed E-state index contributed by atoms with van der Waals surface area (Å²) in [6.07, 6.45) is 1.14. The molecule has 0 saturated heterocycles. The van der Waals surface area contributed by atoms with Crippen molar-refractivity contribution in [2.75, 3.05) is 19.6 Å². The molecular weight excluding hydrogens is 288 g/mol. The molecule has 0 fully saturated rings. The minimum Gasteiger partial charge on any atom is -0.330 e. The molecule has 0 aliphatic carbocycles. The fraction of sp³-hybridized carbons (Fsp3) is 0.600. The highest BCUT2D eigenvalue weighted by Crippen LogP contribution is 2.24. The van der Waals surface area contributed by atoms with Gasteiger partial charge in [-0.1, -0.05) is 55.3 Å². The lowest BCUT2D eigenvalue weighted by Crippen LogP contribution is -2.37. The maximum absolute atomic E-state index is 5.72. The third kappa shape index (κ3) is 4.71. The highest BCUT2D eigenvalue weighted by Gasteiger charge is 2.20. The van der Waals surface area contributed by atoms with Crippen LogP contribution in [0.4, 0.5) is 0 Å². The summed E-state index contributed by atoms with van der Waals surface area (Å²) < 4.78 is 1.13. The molecule has 0 radical (unpaired) electrons. The zero-order valence-electron chi connectivity index (χ0n) is 11.7. The van der Waals surface area contributed by atoms with Crippen LogP contribution in [0.5, 0.6) is 0 Å². The molecule has 0 amide bonds. The highest BCUT2D eigenvalue weighted by atomic mass is 79.9. The number of benzene rings is 1. The zero-order chi connectivity index (χ0) is 13.6. The van der Waals surface area contributed by atoms with Crippen LogP contribution in [0.25, 0.3) is 0 Å². The first kappa shape index (κ1) is 15.7. The van der Waals surface area contributed by atoms with Crippen molar-refractivity contribution >= 4 is 15.9 Å². The molecule has 1 aromatic carbocycles. The normalized spacial score (nSPS) is 13.6. The van der Waals surface area contributed by atoms with E-state index in [9.17, 15) is 0 Å². The number of halogens is 1. The van der Waals surface area contributed by atoms with E-state index in [1.54, 1.807) is 0 Å². The van der Waals surface area contributed by atoms with Crippen molar-refractivity contribution in [3.8, 4) is 0 Å². The molecule has 0 heterocycles. The number of nitrogens with two attached hydrogens (primary N) is 1. The van der Waals surface area contributed by atoms with E-state index in [0.717, 1.165) is 30.5 Å². The first-order valence-corrected chi connectivity index (χ1v) is 7.45. The van der Waals surface area contributed by atoms with Gasteiger partial charge in [0.25, 0.3) is 0 Å². The maximum atomic E-state index is 5.72. The quantitative estimate of drug-likeness (QED) is 0.810. The molecule has 0 aromatic heterocycles. The molecule has 0 aliphatic rings. The van der Waals surface area contributed by atoms with Crippen molar-refractivity contribution in [3.63, 3.8) is 0 Å². The van der Waals surface area contributed by atoms with Gasteiger partial charge in [-0.05, 0) is 36.7 Å². The van der Waals surface area contributed by atoms with Crippen LogP contribution in [0.2, 0.25) is 0 Å². The van der Waals surface area contributed by atoms with Crippen LogP contribution in [-0.4, -0.2) is 19.6 Å². The summed E-state index contributed by atoms with van der Waals surface area (Å²) in [5.74, 6) is 0.589. The average Bonchev–Trinajstić information content (AvgIpc) is 2.35. The van der Waals surface area contributed by atoms with E-state index < -0.39 is 0 Å². The second-order valence-corrected chi connectivity index (χ2v) is 6.45. The summed E-state index contributed by atoms with van der Waals surface area (Å²) in [5.41, 5.74) is 7.22. The maximum Gasteiger partial charge on any atom is 0.0175 e. The monoisotopic (exact) mass is 312 g/mol. The summed E-state index contributed by atoms with van der Waals surface area (Å²) in [6, 6.07) is 8.58. The van der Waals surface area contributed by atoms with E-state index in [1.165, 1.54) is 5.56 Å². The predicted molar refractivity (Wildman–Crippen MR) is 82.9 cm³/mol. The van der Waals surface area contributed by atoms with Crippen LogP contribution >= 0.6 is 15.9 Å². The van der Waals surface area contributed by atoms with Gasteiger partial charge in [-0.15, -0.1) is 0 Å². The molecule has 1 rings (SSSR count). The summed E-state index contributed by atoms with van der Waals surface area (Å²) >= 11 is 3.47. The minimum atomic E-state index is 0.146. The first-order valence-electron chi connectivity index (χ1n) is 6.66. The second-order valence-electron chi connectivity index (χ2n) is 5.53. The Bertz CT molecular complexity index is 342. The Morgan fingerprint density at radius 2 is 1.89 bits per heavy atom. The number of rotatable bonds is 7. The van der Waals surface area contributed by atoms with Crippen molar-refractivity contribution < 1.29 is 0 Å². The third-order valence-corrected chi connectivity index (χ3v) is 4.06. The van der Waals surface area contributed by atoms with Crippen LogP contribution in [0.3, 0.4) is 0 Å². The summed E-state index contributed by atoms with van der Waals surface area (Å²) in [4.78, 5) is 0. The minimum absolute atomic E-state index is 0.146. The molecule has 0 aliphatic heterocycles. The van der Waals surface area contributed by atoms with Gasteiger partial charge in [-0.2, -0.15) is 0 Å². The van der Waals surface area contributed by atoms with Gasteiger partial charge in [0.2, 0.25) is 0 Å². The highest BCUT2D eigenvalue weighted by molar-refractivity contribution is 9.10. The standard InChI is InChI=1S/C15H25BrN2/c1-4-12(9-17)10-18-11-15(2,3)13-5-7-14(16)8-6-13/h5-8,12,18H,4,9-11,17H2,1-3H3. The zero-order valence-corrected chi connectivity index (χ0v) is 13.3. The Hall–Kier alpha value is -0.380. The Kier molecular flexibility index (Phi) is 6.33. The first-order chi connectivity index (χ1) is 8.49. The molecule has 3 N–H and O–H groups in total. The van der Waals surface area contributed by atoms with Crippen LogP contribution in [0, 0.1) is 5.92 Å². The van der Waals surface area contributed by atoms with E-state index in [2.05, 4.69) is 66.3 Å². The summed E-state index contributed by atoms with van der Waals surface area (Å²) in [7, 11) is 0. The molecule has 102 valence electrons. The van der Waals surface area contributed by atoms with E-state index in [0.29, 0.717) is 5.92 Å². The Labute approximate surface area is 119 Å². The smallest absolute Gasteiger partial charge is 0.0175 e. The Morgan fingerprint density at radius 3 is 2.39 bits per heavy atom. The van der Waals surface area contributed by atoms with E-state index in [-0.39, 0.29) is 5.41 Å². The predicted octanol–water partition coefficient (Wildman–Crippen LogP) is 3.30. The molecule has 0 spiro atoms. The Balaban J connectivity index is 2.51. The van der Waals surface area contributed by atoms with Crippen molar-refractivity contribution in [1.82, 2.24) is 5.32 Å². The van der Waals surface area contributed by atoms with Crippen molar-refractivity contribution in [1.29, 1.82) is 0 Å².